The number of esters is 1. The molecule has 5 nitrogen and oxygen atoms in total. The van der Waals surface area contributed by atoms with Crippen LogP contribution in [-0.4, -0.2) is 36.7 Å². The molecule has 1 atom stereocenters. The Bertz CT molecular complexity index is 461. The van der Waals surface area contributed by atoms with Gasteiger partial charge in [0.15, 0.2) is 6.10 Å². The summed E-state index contributed by atoms with van der Waals surface area (Å²) in [6, 6.07) is 5.23. The third-order valence-electron chi connectivity index (χ3n) is 2.44. The lowest BCUT2D eigenvalue weighted by molar-refractivity contribution is -0.149. The number of aliphatic hydroxyl groups excluding tert-OH is 1. The summed E-state index contributed by atoms with van der Waals surface area (Å²) in [5, 5.41) is 11.8. The van der Waals surface area contributed by atoms with E-state index in [-0.39, 0.29) is 12.5 Å². The molecule has 0 saturated heterocycles. The molecule has 0 aliphatic rings. The molecule has 0 bridgehead atoms. The predicted octanol–water partition coefficient (Wildman–Crippen LogP) is 1.02. The SMILES string of the molecule is COC(=O)C(O)CNC(=O)c1cccc(Br)c1C. The normalized spacial score (nSPS) is 11.8. The Morgan fingerprint density at radius 3 is 2.78 bits per heavy atom. The van der Waals surface area contributed by atoms with Gasteiger partial charge < -0.3 is 15.2 Å². The average molecular weight is 316 g/mol. The molecule has 98 valence electrons. The summed E-state index contributed by atoms with van der Waals surface area (Å²) in [7, 11) is 1.17. The lowest BCUT2D eigenvalue weighted by Gasteiger charge is -2.11. The molecule has 0 fully saturated rings. The van der Waals surface area contributed by atoms with Crippen LogP contribution >= 0.6 is 15.9 Å². The van der Waals surface area contributed by atoms with Crippen molar-refractivity contribution in [2.75, 3.05) is 13.7 Å². The lowest BCUT2D eigenvalue weighted by Crippen LogP contribution is -2.37. The van der Waals surface area contributed by atoms with Gasteiger partial charge in [0.05, 0.1) is 13.7 Å². The molecule has 0 spiro atoms. The number of nitrogens with one attached hydrogen (secondary N) is 1. The highest BCUT2D eigenvalue weighted by Gasteiger charge is 2.17. The molecule has 0 aromatic heterocycles. The molecule has 1 aromatic rings. The molecule has 1 rings (SSSR count). The molecule has 1 amide bonds. The molecule has 1 unspecified atom stereocenters. The van der Waals surface area contributed by atoms with Gasteiger partial charge in [-0.1, -0.05) is 22.0 Å². The minimum Gasteiger partial charge on any atom is -0.467 e. The molecule has 0 aliphatic carbocycles. The van der Waals surface area contributed by atoms with E-state index in [1.54, 1.807) is 19.1 Å². The maximum Gasteiger partial charge on any atom is 0.336 e. The summed E-state index contributed by atoms with van der Waals surface area (Å²) in [5.74, 6) is -1.13. The number of hydrogen-bond acceptors (Lipinski definition) is 4. The highest BCUT2D eigenvalue weighted by atomic mass is 79.9. The topological polar surface area (TPSA) is 75.6 Å². The molecule has 0 aliphatic heterocycles. The largest absolute Gasteiger partial charge is 0.467 e. The number of benzene rings is 1. The number of halogens is 1. The number of rotatable bonds is 4. The van der Waals surface area contributed by atoms with E-state index in [1.807, 2.05) is 6.07 Å². The van der Waals surface area contributed by atoms with Gasteiger partial charge in [-0.25, -0.2) is 4.79 Å². The summed E-state index contributed by atoms with van der Waals surface area (Å²) in [6.45, 7) is 1.62. The van der Waals surface area contributed by atoms with Crippen molar-refractivity contribution in [2.24, 2.45) is 0 Å². The van der Waals surface area contributed by atoms with Crippen LogP contribution in [0.25, 0.3) is 0 Å². The minimum atomic E-state index is -1.36. The Hall–Kier alpha value is -1.40. The van der Waals surface area contributed by atoms with Crippen molar-refractivity contribution in [3.8, 4) is 0 Å². The second-order valence-corrected chi connectivity index (χ2v) is 4.52. The van der Waals surface area contributed by atoms with Crippen molar-refractivity contribution in [1.29, 1.82) is 0 Å². The van der Waals surface area contributed by atoms with Gasteiger partial charge in [-0.2, -0.15) is 0 Å². The van der Waals surface area contributed by atoms with Crippen molar-refractivity contribution in [1.82, 2.24) is 5.32 Å². The smallest absolute Gasteiger partial charge is 0.336 e. The summed E-state index contributed by atoms with van der Waals surface area (Å²) in [6.07, 6.45) is -1.36. The molecular weight excluding hydrogens is 302 g/mol. The number of carbonyl (C=O) groups excluding carboxylic acids is 2. The van der Waals surface area contributed by atoms with Crippen LogP contribution in [-0.2, 0) is 9.53 Å². The quantitative estimate of drug-likeness (QED) is 0.813. The third kappa shape index (κ3) is 3.54. The maximum absolute atomic E-state index is 11.8. The van der Waals surface area contributed by atoms with E-state index in [0.717, 1.165) is 10.0 Å². The minimum absolute atomic E-state index is 0.183. The van der Waals surface area contributed by atoms with E-state index >= 15 is 0 Å². The van der Waals surface area contributed by atoms with Crippen LogP contribution in [0.15, 0.2) is 22.7 Å². The maximum atomic E-state index is 11.8. The Morgan fingerprint density at radius 1 is 1.50 bits per heavy atom. The molecular formula is C12H14BrNO4. The molecule has 6 heteroatoms. The van der Waals surface area contributed by atoms with E-state index in [0.29, 0.717) is 5.56 Å². The zero-order chi connectivity index (χ0) is 13.7. The second kappa shape index (κ2) is 6.51. The number of amides is 1. The average Bonchev–Trinajstić information content (AvgIpc) is 2.37. The summed E-state index contributed by atoms with van der Waals surface area (Å²) in [4.78, 5) is 22.8. The molecule has 2 N–H and O–H groups in total. The number of aliphatic hydroxyl groups is 1. The number of ether oxygens (including phenoxy) is 1. The highest BCUT2D eigenvalue weighted by molar-refractivity contribution is 9.10. The van der Waals surface area contributed by atoms with Crippen LogP contribution < -0.4 is 5.32 Å². The first-order valence-electron chi connectivity index (χ1n) is 5.26. The van der Waals surface area contributed by atoms with Crippen LogP contribution in [0.5, 0.6) is 0 Å². The van der Waals surface area contributed by atoms with Crippen LogP contribution in [0.4, 0.5) is 0 Å². The summed E-state index contributed by atoms with van der Waals surface area (Å²) >= 11 is 3.33. The summed E-state index contributed by atoms with van der Waals surface area (Å²) in [5.41, 5.74) is 1.28. The van der Waals surface area contributed by atoms with Gasteiger partial charge in [0, 0.05) is 10.0 Å². The van der Waals surface area contributed by atoms with Crippen LogP contribution in [0.2, 0.25) is 0 Å². The van der Waals surface area contributed by atoms with E-state index < -0.39 is 12.1 Å². The van der Waals surface area contributed by atoms with Crippen molar-refractivity contribution in [2.45, 2.75) is 13.0 Å². The Balaban J connectivity index is 2.66. The van der Waals surface area contributed by atoms with Crippen LogP contribution in [0, 0.1) is 6.92 Å². The van der Waals surface area contributed by atoms with Gasteiger partial charge in [-0.3, -0.25) is 4.79 Å². The Morgan fingerprint density at radius 2 is 2.17 bits per heavy atom. The zero-order valence-corrected chi connectivity index (χ0v) is 11.7. The first-order valence-corrected chi connectivity index (χ1v) is 6.06. The molecule has 0 heterocycles. The van der Waals surface area contributed by atoms with E-state index in [9.17, 15) is 14.7 Å². The molecule has 18 heavy (non-hydrogen) atoms. The lowest BCUT2D eigenvalue weighted by atomic mass is 10.1. The van der Waals surface area contributed by atoms with Gasteiger partial charge in [-0.05, 0) is 24.6 Å². The van der Waals surface area contributed by atoms with E-state index in [2.05, 4.69) is 26.0 Å². The monoisotopic (exact) mass is 315 g/mol. The van der Waals surface area contributed by atoms with E-state index in [4.69, 9.17) is 0 Å². The fourth-order valence-corrected chi connectivity index (χ4v) is 1.72. The van der Waals surface area contributed by atoms with E-state index in [1.165, 1.54) is 7.11 Å². The van der Waals surface area contributed by atoms with Crippen molar-refractivity contribution in [3.05, 3.63) is 33.8 Å². The Labute approximate surface area is 113 Å². The highest BCUT2D eigenvalue weighted by Crippen LogP contribution is 2.19. The zero-order valence-electron chi connectivity index (χ0n) is 10.1. The molecule has 0 radical (unpaired) electrons. The van der Waals surface area contributed by atoms with Gasteiger partial charge >= 0.3 is 5.97 Å². The molecule has 0 saturated carbocycles. The third-order valence-corrected chi connectivity index (χ3v) is 3.30. The Kier molecular flexibility index (Phi) is 5.30. The molecule has 1 aromatic carbocycles. The van der Waals surface area contributed by atoms with Crippen molar-refractivity contribution in [3.63, 3.8) is 0 Å². The second-order valence-electron chi connectivity index (χ2n) is 3.66. The van der Waals surface area contributed by atoms with Crippen LogP contribution in [0.1, 0.15) is 15.9 Å². The van der Waals surface area contributed by atoms with Gasteiger partial charge in [0.25, 0.3) is 5.91 Å². The van der Waals surface area contributed by atoms with Crippen LogP contribution in [0.3, 0.4) is 0 Å². The first-order chi connectivity index (χ1) is 8.47. The standard InChI is InChI=1S/C12H14BrNO4/c1-7-8(4-3-5-9(7)13)11(16)14-6-10(15)12(17)18-2/h3-5,10,15H,6H2,1-2H3,(H,14,16). The number of carbonyl (C=O) groups is 2. The van der Waals surface area contributed by atoms with Crippen molar-refractivity contribution >= 4 is 27.8 Å². The number of methoxy groups -OCH3 is 1. The fourth-order valence-electron chi connectivity index (χ4n) is 1.36. The van der Waals surface area contributed by atoms with Gasteiger partial charge in [-0.15, -0.1) is 0 Å². The fraction of sp³-hybridized carbons (Fsp3) is 0.333. The van der Waals surface area contributed by atoms with Gasteiger partial charge in [0.1, 0.15) is 0 Å². The number of hydrogen-bond donors (Lipinski definition) is 2. The first kappa shape index (κ1) is 14.7. The predicted molar refractivity (Wildman–Crippen MR) is 69.2 cm³/mol. The van der Waals surface area contributed by atoms with Crippen molar-refractivity contribution < 1.29 is 19.4 Å². The summed E-state index contributed by atoms with van der Waals surface area (Å²) < 4.78 is 5.17. The van der Waals surface area contributed by atoms with Gasteiger partial charge in [0.2, 0.25) is 0 Å².